The highest BCUT2D eigenvalue weighted by molar-refractivity contribution is 6.32. The Labute approximate surface area is 136 Å². The van der Waals surface area contributed by atoms with Gasteiger partial charge in [0.05, 0.1) is 11.1 Å². The Morgan fingerprint density at radius 3 is 3.17 bits per heavy atom. The topological polar surface area (TPSA) is 89.1 Å². The molecule has 2 N–H and O–H groups in total. The third kappa shape index (κ3) is 3.77. The lowest BCUT2D eigenvalue weighted by Crippen LogP contribution is -2.39. The maximum atomic E-state index is 12.9. The largest absolute Gasteiger partial charge is 0.482 e. The Kier molecular flexibility index (Phi) is 4.73. The van der Waals surface area contributed by atoms with Gasteiger partial charge >= 0.3 is 0 Å². The number of H-pyrrole nitrogens is 1. The number of hydrogen-bond acceptors (Lipinski definition) is 5. The van der Waals surface area contributed by atoms with Gasteiger partial charge in [-0.15, -0.1) is 0 Å². The first-order valence-corrected chi connectivity index (χ1v) is 7.35. The number of hydrogen-bond donors (Lipinski definition) is 2. The van der Waals surface area contributed by atoms with Crippen LogP contribution in [0.5, 0.6) is 5.75 Å². The number of carbonyl (C=O) groups is 1. The first kappa shape index (κ1) is 15.7. The number of nitrogens with one attached hydrogen (secondary N) is 2. The minimum Gasteiger partial charge on any atom is -0.482 e. The van der Waals surface area contributed by atoms with Gasteiger partial charge in [-0.05, 0) is 24.6 Å². The van der Waals surface area contributed by atoms with Gasteiger partial charge in [-0.25, -0.2) is 9.37 Å². The molecule has 2 atom stereocenters. The number of halogens is 2. The van der Waals surface area contributed by atoms with E-state index >= 15 is 0 Å². The molecule has 1 aromatic carbocycles. The molecular formula is C14H14ClFN4O3. The molecule has 3 rings (SSSR count). The second kappa shape index (κ2) is 6.93. The highest BCUT2D eigenvalue weighted by Crippen LogP contribution is 2.27. The van der Waals surface area contributed by atoms with Crippen LogP contribution in [-0.4, -0.2) is 40.3 Å². The van der Waals surface area contributed by atoms with E-state index in [1.54, 1.807) is 0 Å². The van der Waals surface area contributed by atoms with Gasteiger partial charge < -0.3 is 14.8 Å². The Balaban J connectivity index is 1.55. The van der Waals surface area contributed by atoms with Gasteiger partial charge in [-0.2, -0.15) is 5.10 Å². The third-order valence-corrected chi connectivity index (χ3v) is 3.69. The average molecular weight is 341 g/mol. The van der Waals surface area contributed by atoms with Crippen molar-refractivity contribution in [3.8, 4) is 5.75 Å². The van der Waals surface area contributed by atoms with Crippen molar-refractivity contribution in [1.29, 1.82) is 0 Å². The molecule has 1 aromatic heterocycles. The van der Waals surface area contributed by atoms with Gasteiger partial charge in [0.15, 0.2) is 12.4 Å². The maximum Gasteiger partial charge on any atom is 0.258 e. The lowest BCUT2D eigenvalue weighted by Gasteiger charge is -2.18. The average Bonchev–Trinajstić information content (AvgIpc) is 3.17. The standard InChI is InChI=1S/C14H14ClFN4O3/c15-9-5-8(16)1-2-11(9)23-6-12(21)19-10-3-4-22-13(10)14-17-7-18-20-14/h1-2,5,7,10,13H,3-4,6H2,(H,19,21)(H,17,18,20)/t10-,13+/m0/s1. The van der Waals surface area contributed by atoms with Crippen LogP contribution < -0.4 is 10.1 Å². The van der Waals surface area contributed by atoms with Crippen molar-refractivity contribution in [2.45, 2.75) is 18.6 Å². The molecule has 0 radical (unpaired) electrons. The van der Waals surface area contributed by atoms with Gasteiger partial charge in [0, 0.05) is 6.61 Å². The van der Waals surface area contributed by atoms with Gasteiger partial charge in [0.25, 0.3) is 5.91 Å². The van der Waals surface area contributed by atoms with Crippen LogP contribution in [0.4, 0.5) is 4.39 Å². The van der Waals surface area contributed by atoms with Crippen LogP contribution in [0.2, 0.25) is 5.02 Å². The summed E-state index contributed by atoms with van der Waals surface area (Å²) in [5, 5.41) is 9.44. The molecule has 23 heavy (non-hydrogen) atoms. The van der Waals surface area contributed by atoms with E-state index in [2.05, 4.69) is 20.5 Å². The van der Waals surface area contributed by atoms with E-state index in [-0.39, 0.29) is 35.4 Å². The summed E-state index contributed by atoms with van der Waals surface area (Å²) in [6.45, 7) is 0.284. The van der Waals surface area contributed by atoms with Crippen LogP contribution in [0.25, 0.3) is 0 Å². The lowest BCUT2D eigenvalue weighted by molar-refractivity contribution is -0.124. The number of benzene rings is 1. The first-order chi connectivity index (χ1) is 11.1. The van der Waals surface area contributed by atoms with Gasteiger partial charge in [-0.1, -0.05) is 11.6 Å². The summed E-state index contributed by atoms with van der Waals surface area (Å²) in [5.41, 5.74) is 0. The van der Waals surface area contributed by atoms with E-state index in [1.807, 2.05) is 0 Å². The maximum absolute atomic E-state index is 12.9. The Hall–Kier alpha value is -2.19. The van der Waals surface area contributed by atoms with Crippen molar-refractivity contribution in [2.24, 2.45) is 0 Å². The second-order valence-corrected chi connectivity index (χ2v) is 5.40. The van der Waals surface area contributed by atoms with E-state index in [1.165, 1.54) is 18.5 Å². The Morgan fingerprint density at radius 1 is 1.57 bits per heavy atom. The summed E-state index contributed by atoms with van der Waals surface area (Å²) in [7, 11) is 0. The Bertz CT molecular complexity index is 683. The van der Waals surface area contributed by atoms with Crippen molar-refractivity contribution < 1.29 is 18.7 Å². The van der Waals surface area contributed by atoms with Crippen LogP contribution in [0.3, 0.4) is 0 Å². The monoisotopic (exact) mass is 340 g/mol. The molecule has 2 aromatic rings. The molecule has 7 nitrogen and oxygen atoms in total. The number of amides is 1. The fraction of sp³-hybridized carbons (Fsp3) is 0.357. The zero-order valence-electron chi connectivity index (χ0n) is 12.0. The fourth-order valence-electron chi connectivity index (χ4n) is 2.34. The molecular weight excluding hydrogens is 327 g/mol. The molecule has 0 unspecified atom stereocenters. The number of ether oxygens (including phenoxy) is 2. The predicted octanol–water partition coefficient (Wildman–Crippen LogP) is 1.62. The van der Waals surface area contributed by atoms with Gasteiger partial charge in [-0.3, -0.25) is 9.89 Å². The summed E-state index contributed by atoms with van der Waals surface area (Å²) in [5.74, 6) is 0.0168. The van der Waals surface area contributed by atoms with Crippen molar-refractivity contribution in [2.75, 3.05) is 13.2 Å². The SMILES string of the molecule is O=C(COc1ccc(F)cc1Cl)N[C@H]1CCO[C@H]1c1ncn[nH]1. The number of aromatic nitrogens is 3. The summed E-state index contributed by atoms with van der Waals surface area (Å²) < 4.78 is 23.8. The van der Waals surface area contributed by atoms with Crippen molar-refractivity contribution in [1.82, 2.24) is 20.5 Å². The molecule has 0 bridgehead atoms. The van der Waals surface area contributed by atoms with Crippen molar-refractivity contribution >= 4 is 17.5 Å². The molecule has 2 heterocycles. The molecule has 0 aliphatic carbocycles. The molecule has 1 amide bonds. The van der Waals surface area contributed by atoms with E-state index < -0.39 is 5.82 Å². The molecule has 9 heteroatoms. The number of rotatable bonds is 5. The quantitative estimate of drug-likeness (QED) is 0.863. The molecule has 0 spiro atoms. The van der Waals surface area contributed by atoms with Crippen LogP contribution >= 0.6 is 11.6 Å². The molecule has 1 aliphatic heterocycles. The van der Waals surface area contributed by atoms with E-state index in [4.69, 9.17) is 21.1 Å². The Morgan fingerprint density at radius 2 is 2.43 bits per heavy atom. The summed E-state index contributed by atoms with van der Waals surface area (Å²) >= 11 is 5.84. The van der Waals surface area contributed by atoms with Crippen LogP contribution in [-0.2, 0) is 9.53 Å². The number of nitrogens with zero attached hydrogens (tertiary/aromatic N) is 2. The van der Waals surface area contributed by atoms with Gasteiger partial charge in [0.1, 0.15) is 24.0 Å². The molecule has 1 saturated heterocycles. The minimum absolute atomic E-state index is 0.113. The summed E-state index contributed by atoms with van der Waals surface area (Å²) in [6, 6.07) is 3.49. The van der Waals surface area contributed by atoms with Gasteiger partial charge in [0.2, 0.25) is 0 Å². The summed E-state index contributed by atoms with van der Waals surface area (Å²) in [6.07, 6.45) is 1.68. The molecule has 1 fully saturated rings. The lowest BCUT2D eigenvalue weighted by atomic mass is 10.1. The van der Waals surface area contributed by atoms with Crippen LogP contribution in [0.1, 0.15) is 18.3 Å². The normalized spacial score (nSPS) is 20.4. The van der Waals surface area contributed by atoms with Crippen LogP contribution in [0.15, 0.2) is 24.5 Å². The highest BCUT2D eigenvalue weighted by Gasteiger charge is 2.33. The van der Waals surface area contributed by atoms with Crippen LogP contribution in [0, 0.1) is 5.82 Å². The van der Waals surface area contributed by atoms with E-state index in [9.17, 15) is 9.18 Å². The zero-order valence-corrected chi connectivity index (χ0v) is 12.7. The highest BCUT2D eigenvalue weighted by atomic mass is 35.5. The third-order valence-electron chi connectivity index (χ3n) is 3.39. The smallest absolute Gasteiger partial charge is 0.258 e. The fourth-order valence-corrected chi connectivity index (χ4v) is 2.56. The molecule has 0 saturated carbocycles. The van der Waals surface area contributed by atoms with E-state index in [0.29, 0.717) is 18.9 Å². The summed E-state index contributed by atoms with van der Waals surface area (Å²) in [4.78, 5) is 16.1. The zero-order chi connectivity index (χ0) is 16.2. The minimum atomic E-state index is -0.468. The predicted molar refractivity (Wildman–Crippen MR) is 78.5 cm³/mol. The molecule has 1 aliphatic rings. The number of carbonyl (C=O) groups excluding carboxylic acids is 1. The second-order valence-electron chi connectivity index (χ2n) is 4.99. The molecule has 122 valence electrons. The van der Waals surface area contributed by atoms with Crippen molar-refractivity contribution in [3.63, 3.8) is 0 Å². The first-order valence-electron chi connectivity index (χ1n) is 6.97. The number of aromatic amines is 1. The van der Waals surface area contributed by atoms with Crippen molar-refractivity contribution in [3.05, 3.63) is 41.2 Å². The van der Waals surface area contributed by atoms with E-state index in [0.717, 1.165) is 6.07 Å².